The van der Waals surface area contributed by atoms with E-state index in [1.807, 2.05) is 13.8 Å². The van der Waals surface area contributed by atoms with Gasteiger partial charge in [-0.25, -0.2) is 9.78 Å². The zero-order chi connectivity index (χ0) is 28.8. The predicted molar refractivity (Wildman–Crippen MR) is 153 cm³/mol. The van der Waals surface area contributed by atoms with Crippen LogP contribution in [0.15, 0.2) is 12.5 Å². The molecule has 0 spiro atoms. The third-order valence-corrected chi connectivity index (χ3v) is 11.9. The number of H-pyrrole nitrogens is 1. The van der Waals surface area contributed by atoms with Gasteiger partial charge in [0.1, 0.15) is 17.9 Å². The van der Waals surface area contributed by atoms with Crippen LogP contribution in [0.2, 0.25) is 0 Å². The quantitative estimate of drug-likeness (QED) is 0.404. The number of carbonyl (C=O) groups excluding carboxylic acids is 3. The number of esters is 1. The lowest BCUT2D eigenvalue weighted by Crippen LogP contribution is -2.55. The maximum absolute atomic E-state index is 13.3. The van der Waals surface area contributed by atoms with E-state index in [0.717, 1.165) is 37.3 Å². The van der Waals surface area contributed by atoms with E-state index in [0.29, 0.717) is 30.0 Å². The number of hydrogen-bond donors (Lipinski definition) is 3. The summed E-state index contributed by atoms with van der Waals surface area (Å²) in [4.78, 5) is 45.5. The van der Waals surface area contributed by atoms with Gasteiger partial charge in [0, 0.05) is 24.2 Å². The molecule has 0 radical (unpaired) electrons. The summed E-state index contributed by atoms with van der Waals surface area (Å²) in [5.41, 5.74) is 7.35. The van der Waals surface area contributed by atoms with Crippen LogP contribution in [-0.2, 0) is 25.5 Å². The molecule has 4 fully saturated rings. The fraction of sp³-hybridized carbons (Fsp3) is 0.812. The van der Waals surface area contributed by atoms with Gasteiger partial charge in [0.25, 0.3) is 0 Å². The first-order chi connectivity index (χ1) is 18.9. The number of aromatic nitrogens is 2. The number of nitrogens with two attached hydrogens (primary N) is 1. The number of nitrogens with zero attached hydrogens (tertiary/aromatic N) is 1. The smallest absolute Gasteiger partial charge is 0.329 e. The molecule has 0 bridgehead atoms. The lowest BCUT2D eigenvalue weighted by atomic mass is 9.44. The first kappa shape index (κ1) is 29.3. The van der Waals surface area contributed by atoms with Gasteiger partial charge in [0.05, 0.1) is 12.4 Å². The molecule has 0 aliphatic heterocycles. The Morgan fingerprint density at radius 1 is 1.07 bits per heavy atom. The summed E-state index contributed by atoms with van der Waals surface area (Å²) < 4.78 is 6.11. The summed E-state index contributed by atoms with van der Waals surface area (Å²) >= 11 is 0. The van der Waals surface area contributed by atoms with E-state index >= 15 is 0 Å². The Kier molecular flexibility index (Phi) is 8.21. The number of rotatable bonds is 8. The summed E-state index contributed by atoms with van der Waals surface area (Å²) in [5.74, 6) is 2.45. The van der Waals surface area contributed by atoms with Crippen LogP contribution < -0.4 is 11.1 Å². The zero-order valence-electron chi connectivity index (χ0n) is 25.1. The Bertz CT molecular complexity index is 1090. The van der Waals surface area contributed by atoms with Gasteiger partial charge in [-0.3, -0.25) is 9.59 Å². The number of aromatic amines is 1. The highest BCUT2D eigenvalue weighted by Crippen LogP contribution is 2.67. The van der Waals surface area contributed by atoms with Gasteiger partial charge in [-0.15, -0.1) is 0 Å². The number of carbonyl (C=O) groups is 3. The van der Waals surface area contributed by atoms with Crippen molar-refractivity contribution < 1.29 is 19.1 Å². The Labute approximate surface area is 239 Å². The second-order valence-electron chi connectivity index (χ2n) is 14.4. The molecule has 8 nitrogen and oxygen atoms in total. The highest BCUT2D eigenvalue weighted by atomic mass is 16.5. The molecule has 8 heteroatoms. The van der Waals surface area contributed by atoms with Gasteiger partial charge < -0.3 is 20.8 Å². The number of ketones is 1. The largest absolute Gasteiger partial charge is 0.461 e. The highest BCUT2D eigenvalue weighted by Gasteiger charge is 2.61. The number of Topliss-reactive ketones (excluding diaryl/α,β-unsaturated/α-hetero) is 1. The molecule has 4 aliphatic carbocycles. The average Bonchev–Trinajstić information content (AvgIpc) is 3.54. The van der Waals surface area contributed by atoms with Crippen LogP contribution in [0.5, 0.6) is 0 Å². The molecule has 1 heterocycles. The minimum Gasteiger partial charge on any atom is -0.461 e. The maximum atomic E-state index is 13.3. The Balaban J connectivity index is 1.19. The third kappa shape index (κ3) is 5.25. The molecular formula is C32H50N4O4. The molecule has 1 amide bonds. The fourth-order valence-corrected chi connectivity index (χ4v) is 9.72. The first-order valence-corrected chi connectivity index (χ1v) is 15.7. The molecule has 4 aliphatic rings. The summed E-state index contributed by atoms with van der Waals surface area (Å²) in [5, 5.41) is 2.86. The second kappa shape index (κ2) is 11.2. The predicted octanol–water partition coefficient (Wildman–Crippen LogP) is 4.58. The van der Waals surface area contributed by atoms with E-state index in [4.69, 9.17) is 10.5 Å². The third-order valence-electron chi connectivity index (χ3n) is 11.9. The van der Waals surface area contributed by atoms with Gasteiger partial charge in [0.15, 0.2) is 0 Å². The van der Waals surface area contributed by atoms with E-state index in [-0.39, 0.29) is 40.6 Å². The minimum absolute atomic E-state index is 0.109. The number of imidazole rings is 1. The normalized spacial score (nSPS) is 38.5. The Morgan fingerprint density at radius 3 is 2.48 bits per heavy atom. The Hall–Kier alpha value is -2.22. The van der Waals surface area contributed by atoms with E-state index in [1.165, 1.54) is 32.1 Å². The van der Waals surface area contributed by atoms with Crippen LogP contribution in [-0.4, -0.2) is 45.8 Å². The lowest BCUT2D eigenvalue weighted by Gasteiger charge is -2.61. The summed E-state index contributed by atoms with van der Waals surface area (Å²) in [6, 6.07) is -1.50. The molecule has 1 aromatic heterocycles. The van der Waals surface area contributed by atoms with Crippen molar-refractivity contribution in [2.45, 2.75) is 117 Å². The molecule has 222 valence electrons. The van der Waals surface area contributed by atoms with Crippen molar-refractivity contribution in [2.75, 3.05) is 0 Å². The van der Waals surface area contributed by atoms with Crippen LogP contribution in [0, 0.1) is 46.3 Å². The molecule has 10 atom stereocenters. The fourth-order valence-electron chi connectivity index (χ4n) is 9.72. The van der Waals surface area contributed by atoms with Crippen molar-refractivity contribution in [3.8, 4) is 0 Å². The number of fused-ring (bicyclic) bond motifs is 5. The average molecular weight is 555 g/mol. The molecule has 1 aromatic rings. The monoisotopic (exact) mass is 554 g/mol. The summed E-state index contributed by atoms with van der Waals surface area (Å²) in [6.07, 6.45) is 13.3. The SMILES string of the molecule is CC(=O)[C@H]1CC[C@H]2[C@@H]3CC[C@H]4C[C@H](OC(=O)[C@@H](NC(=O)[C@@H](N)Cc5cnc[nH]5)C(C)C)CC[C@]4(C)[C@H]3CC[C@]12C. The molecule has 0 saturated heterocycles. The molecule has 4 saturated carbocycles. The van der Waals surface area contributed by atoms with Crippen molar-refractivity contribution in [1.29, 1.82) is 0 Å². The second-order valence-corrected chi connectivity index (χ2v) is 14.4. The van der Waals surface area contributed by atoms with Gasteiger partial charge in [-0.2, -0.15) is 0 Å². The van der Waals surface area contributed by atoms with Gasteiger partial charge in [-0.05, 0) is 105 Å². The van der Waals surface area contributed by atoms with Crippen LogP contribution in [0.3, 0.4) is 0 Å². The zero-order valence-corrected chi connectivity index (χ0v) is 25.1. The summed E-state index contributed by atoms with van der Waals surface area (Å²) in [7, 11) is 0. The molecule has 40 heavy (non-hydrogen) atoms. The van der Waals surface area contributed by atoms with Crippen molar-refractivity contribution in [3.05, 3.63) is 18.2 Å². The van der Waals surface area contributed by atoms with E-state index in [2.05, 4.69) is 29.1 Å². The van der Waals surface area contributed by atoms with Crippen LogP contribution >= 0.6 is 0 Å². The molecule has 0 unspecified atom stereocenters. The van der Waals surface area contributed by atoms with Gasteiger partial charge >= 0.3 is 5.97 Å². The van der Waals surface area contributed by atoms with E-state index in [9.17, 15) is 14.4 Å². The van der Waals surface area contributed by atoms with Gasteiger partial charge in [0.2, 0.25) is 5.91 Å². The number of ether oxygens (including phenoxy) is 1. The molecule has 4 N–H and O–H groups in total. The minimum atomic E-state index is -0.775. The standard InChI is InChI=1S/C32H50N4O4/c1-18(2)28(36-29(38)27(33)15-21-16-34-17-35-21)30(39)40-22-10-12-31(4)20(14-22)6-7-23-25-9-8-24(19(3)37)32(25,5)13-11-26(23)31/h16-18,20,22-28H,6-15,33H2,1-5H3,(H,34,35)(H,36,38)/t20-,22+,23-,24+,25-,26-,27-,28-,31-,32+/m0/s1. The maximum Gasteiger partial charge on any atom is 0.329 e. The topological polar surface area (TPSA) is 127 Å². The Morgan fingerprint density at radius 2 is 1.80 bits per heavy atom. The number of nitrogens with one attached hydrogen (secondary N) is 2. The van der Waals surface area contributed by atoms with Crippen molar-refractivity contribution in [3.63, 3.8) is 0 Å². The van der Waals surface area contributed by atoms with Crippen LogP contribution in [0.4, 0.5) is 0 Å². The van der Waals surface area contributed by atoms with Gasteiger partial charge in [-0.1, -0.05) is 27.7 Å². The van der Waals surface area contributed by atoms with Crippen molar-refractivity contribution in [1.82, 2.24) is 15.3 Å². The van der Waals surface area contributed by atoms with Crippen molar-refractivity contribution >= 4 is 17.7 Å². The van der Waals surface area contributed by atoms with Crippen LogP contribution in [0.1, 0.15) is 98.1 Å². The van der Waals surface area contributed by atoms with E-state index < -0.39 is 12.1 Å². The van der Waals surface area contributed by atoms with Crippen molar-refractivity contribution in [2.24, 2.45) is 52.1 Å². The summed E-state index contributed by atoms with van der Waals surface area (Å²) in [6.45, 7) is 10.6. The van der Waals surface area contributed by atoms with Crippen LogP contribution in [0.25, 0.3) is 0 Å². The van der Waals surface area contributed by atoms with E-state index in [1.54, 1.807) is 19.4 Å². The number of hydrogen-bond acceptors (Lipinski definition) is 6. The number of amides is 1. The highest BCUT2D eigenvalue weighted by molar-refractivity contribution is 5.87. The molecular weight excluding hydrogens is 504 g/mol. The molecule has 0 aromatic carbocycles. The first-order valence-electron chi connectivity index (χ1n) is 15.7. The molecule has 5 rings (SSSR count). The lowest BCUT2D eigenvalue weighted by molar-refractivity contribution is -0.166.